The van der Waals surface area contributed by atoms with E-state index in [0.29, 0.717) is 53.8 Å². The first-order valence-electron chi connectivity index (χ1n) is 10.5. The number of aliphatic hydroxyl groups is 1. The molecule has 1 saturated heterocycles. The molecule has 3 aromatic heterocycles. The van der Waals surface area contributed by atoms with Crippen molar-refractivity contribution in [1.82, 2.24) is 24.6 Å². The third-order valence-corrected chi connectivity index (χ3v) is 5.87. The zero-order valence-corrected chi connectivity index (χ0v) is 16.8. The van der Waals surface area contributed by atoms with Gasteiger partial charge in [-0.05, 0) is 38.2 Å². The van der Waals surface area contributed by atoms with Crippen LogP contribution >= 0.6 is 0 Å². The van der Waals surface area contributed by atoms with Crippen LogP contribution in [0.25, 0.3) is 11.7 Å². The smallest absolute Gasteiger partial charge is 0.250 e. The fraction of sp³-hybridized carbons (Fsp3) is 0.500. The predicted molar refractivity (Wildman–Crippen MR) is 109 cm³/mol. The van der Waals surface area contributed by atoms with E-state index in [1.807, 2.05) is 4.90 Å². The van der Waals surface area contributed by atoms with Gasteiger partial charge < -0.3 is 20.2 Å². The summed E-state index contributed by atoms with van der Waals surface area (Å²) in [5.74, 6) is 0.147. The first-order valence-corrected chi connectivity index (χ1v) is 10.5. The van der Waals surface area contributed by atoms with Crippen LogP contribution in [0.15, 0.2) is 17.3 Å². The summed E-state index contributed by atoms with van der Waals surface area (Å²) in [6, 6.07) is 1.42. The van der Waals surface area contributed by atoms with Crippen molar-refractivity contribution in [2.24, 2.45) is 4.99 Å². The van der Waals surface area contributed by atoms with E-state index >= 15 is 0 Å². The number of aromatic hydroxyl groups is 2. The van der Waals surface area contributed by atoms with Gasteiger partial charge in [0, 0.05) is 23.4 Å². The molecular weight excluding hydrogens is 405 g/mol. The molecule has 31 heavy (non-hydrogen) atoms. The average Bonchev–Trinajstić information content (AvgIpc) is 3.43. The topological polar surface area (TPSA) is 135 Å². The molecule has 3 aromatic rings. The Labute approximate surface area is 176 Å². The molecule has 0 spiro atoms. The van der Waals surface area contributed by atoms with E-state index in [9.17, 15) is 19.7 Å². The Kier molecular flexibility index (Phi) is 4.97. The lowest BCUT2D eigenvalue weighted by atomic mass is 9.94. The molecule has 0 radical (unpaired) electrons. The van der Waals surface area contributed by atoms with Crippen LogP contribution in [0, 0.1) is 0 Å². The molecule has 11 heteroatoms. The summed E-state index contributed by atoms with van der Waals surface area (Å²) in [4.78, 5) is 18.1. The largest absolute Gasteiger partial charge is 0.494 e. The standard InChI is InChI=1S/C20H24FN7O3/c21-13-5-6-27(10-13)20-26-19(23-14-1-3-15(29)4-2-14)25-17-12(9-22-28(17)20)7-11-8-16(30)24-18(11)31/h7-9,13-15,24,29-31H,1-6,10H2. The first-order chi connectivity index (χ1) is 15.0. The van der Waals surface area contributed by atoms with Gasteiger partial charge in [0.2, 0.25) is 11.6 Å². The number of halogens is 1. The first kappa shape index (κ1) is 19.7. The maximum Gasteiger partial charge on any atom is 0.250 e. The van der Waals surface area contributed by atoms with Gasteiger partial charge in [-0.1, -0.05) is 0 Å². The van der Waals surface area contributed by atoms with Crippen LogP contribution < -0.4 is 15.7 Å². The van der Waals surface area contributed by atoms with Crippen molar-refractivity contribution in [2.45, 2.75) is 50.4 Å². The summed E-state index contributed by atoms with van der Waals surface area (Å²) in [5, 5.41) is 34.3. The van der Waals surface area contributed by atoms with Gasteiger partial charge in [-0.15, -0.1) is 0 Å². The molecular formula is C20H24FN7O3. The quantitative estimate of drug-likeness (QED) is 0.466. The van der Waals surface area contributed by atoms with Crippen LogP contribution in [0.5, 0.6) is 11.8 Å². The van der Waals surface area contributed by atoms with Gasteiger partial charge in [0.25, 0.3) is 0 Å². The number of aromatic amines is 1. The van der Waals surface area contributed by atoms with Crippen LogP contribution in [0.2, 0.25) is 0 Å². The molecule has 164 valence electrons. The molecule has 5 rings (SSSR count). The van der Waals surface area contributed by atoms with E-state index in [-0.39, 0.29) is 30.5 Å². The minimum absolute atomic E-state index is 0.0206. The SMILES string of the molecule is Oc1cc(C=c2cnn3c(N4CCC(F)C4)nc(=NC4CCC(O)CC4)nc23)c(O)[nH]1. The van der Waals surface area contributed by atoms with Crippen molar-refractivity contribution in [2.75, 3.05) is 18.0 Å². The molecule has 1 aliphatic heterocycles. The Balaban J connectivity index is 1.64. The van der Waals surface area contributed by atoms with Crippen molar-refractivity contribution in [3.8, 4) is 11.8 Å². The Bertz CT molecular complexity index is 1220. The maximum atomic E-state index is 13.9. The van der Waals surface area contributed by atoms with Crippen molar-refractivity contribution in [3.63, 3.8) is 0 Å². The Morgan fingerprint density at radius 2 is 1.97 bits per heavy atom. The van der Waals surface area contributed by atoms with Crippen molar-refractivity contribution in [3.05, 3.63) is 28.7 Å². The highest BCUT2D eigenvalue weighted by Crippen LogP contribution is 2.23. The molecule has 2 aliphatic rings. The summed E-state index contributed by atoms with van der Waals surface area (Å²) < 4.78 is 15.4. The number of nitrogens with one attached hydrogen (secondary N) is 1. The highest BCUT2D eigenvalue weighted by Gasteiger charge is 2.26. The number of H-pyrrole nitrogens is 1. The second kappa shape index (κ2) is 7.80. The fourth-order valence-electron chi connectivity index (χ4n) is 4.21. The average molecular weight is 429 g/mol. The number of hydrogen-bond donors (Lipinski definition) is 4. The van der Waals surface area contributed by atoms with E-state index in [0.717, 1.165) is 12.8 Å². The third-order valence-electron chi connectivity index (χ3n) is 5.87. The molecule has 1 saturated carbocycles. The lowest BCUT2D eigenvalue weighted by Gasteiger charge is -2.22. The number of anilines is 1. The van der Waals surface area contributed by atoms with E-state index in [4.69, 9.17) is 4.99 Å². The van der Waals surface area contributed by atoms with Crippen LogP contribution in [0.1, 0.15) is 37.7 Å². The Morgan fingerprint density at radius 1 is 1.16 bits per heavy atom. The van der Waals surface area contributed by atoms with Crippen LogP contribution in [-0.4, -0.2) is 71.3 Å². The number of nitrogens with zero attached hydrogens (tertiary/aromatic N) is 6. The molecule has 4 heterocycles. The predicted octanol–water partition coefficient (Wildman–Crippen LogP) is 0.164. The van der Waals surface area contributed by atoms with Crippen LogP contribution in [0.4, 0.5) is 10.3 Å². The monoisotopic (exact) mass is 429 g/mol. The molecule has 1 atom stereocenters. The number of aliphatic hydroxyl groups excluding tert-OH is 1. The van der Waals surface area contributed by atoms with Gasteiger partial charge in [-0.3, -0.25) is 4.98 Å². The summed E-state index contributed by atoms with van der Waals surface area (Å²) >= 11 is 0. The number of alkyl halides is 1. The minimum Gasteiger partial charge on any atom is -0.494 e. The number of aromatic nitrogens is 5. The number of hydrogen-bond acceptors (Lipinski definition) is 8. The molecule has 1 aliphatic carbocycles. The zero-order chi connectivity index (χ0) is 21.5. The molecule has 0 amide bonds. The number of fused-ring (bicyclic) bond motifs is 1. The molecule has 10 nitrogen and oxygen atoms in total. The van der Waals surface area contributed by atoms with E-state index < -0.39 is 6.17 Å². The van der Waals surface area contributed by atoms with E-state index in [1.54, 1.807) is 16.8 Å². The summed E-state index contributed by atoms with van der Waals surface area (Å²) in [6.07, 6.45) is 5.36. The lowest BCUT2D eigenvalue weighted by molar-refractivity contribution is 0.123. The highest BCUT2D eigenvalue weighted by molar-refractivity contribution is 5.61. The van der Waals surface area contributed by atoms with Gasteiger partial charge in [0.1, 0.15) is 6.17 Å². The van der Waals surface area contributed by atoms with Crippen molar-refractivity contribution < 1.29 is 19.7 Å². The molecule has 2 fully saturated rings. The maximum absolute atomic E-state index is 13.9. The molecule has 4 N–H and O–H groups in total. The van der Waals surface area contributed by atoms with Crippen molar-refractivity contribution in [1.29, 1.82) is 0 Å². The molecule has 0 bridgehead atoms. The van der Waals surface area contributed by atoms with Crippen LogP contribution in [0.3, 0.4) is 0 Å². The highest BCUT2D eigenvalue weighted by atomic mass is 19.1. The Hall–Kier alpha value is -3.21. The lowest BCUT2D eigenvalue weighted by Crippen LogP contribution is -2.31. The summed E-state index contributed by atoms with van der Waals surface area (Å²) in [6.45, 7) is 0.750. The van der Waals surface area contributed by atoms with Crippen molar-refractivity contribution >= 4 is 17.7 Å². The fourth-order valence-corrected chi connectivity index (χ4v) is 4.21. The summed E-state index contributed by atoms with van der Waals surface area (Å²) in [7, 11) is 0. The second-order valence-electron chi connectivity index (χ2n) is 8.19. The second-order valence-corrected chi connectivity index (χ2v) is 8.19. The van der Waals surface area contributed by atoms with Gasteiger partial charge in [0.05, 0.1) is 24.9 Å². The normalized spacial score (nSPS) is 25.7. The van der Waals surface area contributed by atoms with Crippen LogP contribution in [-0.2, 0) is 0 Å². The van der Waals surface area contributed by atoms with Gasteiger partial charge >= 0.3 is 0 Å². The van der Waals surface area contributed by atoms with E-state index in [2.05, 4.69) is 20.1 Å². The molecule has 1 unspecified atom stereocenters. The third kappa shape index (κ3) is 3.92. The van der Waals surface area contributed by atoms with Gasteiger partial charge in [0.15, 0.2) is 17.4 Å². The number of rotatable bonds is 3. The van der Waals surface area contributed by atoms with Gasteiger partial charge in [-0.25, -0.2) is 9.38 Å². The molecule has 0 aromatic carbocycles. The van der Waals surface area contributed by atoms with Gasteiger partial charge in [-0.2, -0.15) is 19.6 Å². The minimum atomic E-state index is -0.924. The summed E-state index contributed by atoms with van der Waals surface area (Å²) in [5.41, 5.74) is 1.15. The van der Waals surface area contributed by atoms with E-state index in [1.165, 1.54) is 6.07 Å². The zero-order valence-electron chi connectivity index (χ0n) is 16.8. The Morgan fingerprint density at radius 3 is 2.65 bits per heavy atom.